The van der Waals surface area contributed by atoms with E-state index < -0.39 is 9.84 Å². The van der Waals surface area contributed by atoms with E-state index in [-0.39, 0.29) is 12.1 Å². The molecule has 2 fully saturated rings. The minimum atomic E-state index is -2.84. The Kier molecular flexibility index (Phi) is 5.35. The normalized spacial score (nSPS) is 32.1. The van der Waals surface area contributed by atoms with E-state index in [0.717, 1.165) is 31.1 Å². The number of sulfone groups is 1. The molecule has 0 aromatic heterocycles. The summed E-state index contributed by atoms with van der Waals surface area (Å²) in [6.45, 7) is 5.21. The highest BCUT2D eigenvalue weighted by atomic mass is 32.2. The summed E-state index contributed by atoms with van der Waals surface area (Å²) >= 11 is 1.90. The number of likely N-dealkylation sites (tertiary alicyclic amines) is 1. The van der Waals surface area contributed by atoms with Crippen molar-refractivity contribution < 1.29 is 8.42 Å². The van der Waals surface area contributed by atoms with Gasteiger partial charge in [-0.1, -0.05) is 6.92 Å². The zero-order valence-electron chi connectivity index (χ0n) is 11.1. The van der Waals surface area contributed by atoms with Crippen LogP contribution in [0.15, 0.2) is 0 Å². The van der Waals surface area contributed by atoms with Crippen molar-refractivity contribution in [3.8, 4) is 0 Å². The maximum Gasteiger partial charge on any atom is 0.153 e. The van der Waals surface area contributed by atoms with Gasteiger partial charge in [-0.2, -0.15) is 11.8 Å². The Bertz CT molecular complexity index is 353. The molecule has 1 N–H and O–H groups in total. The molecule has 0 saturated carbocycles. The average Bonchev–Trinajstić information content (AvgIpc) is 2.91. The zero-order chi connectivity index (χ0) is 13.0. The molecule has 2 saturated heterocycles. The average molecular weight is 292 g/mol. The Morgan fingerprint density at radius 1 is 1.28 bits per heavy atom. The maximum absolute atomic E-state index is 11.8. The van der Waals surface area contributed by atoms with Gasteiger partial charge in [-0.25, -0.2) is 8.42 Å². The summed E-state index contributed by atoms with van der Waals surface area (Å²) in [5, 5.41) is 3.46. The standard InChI is InChI=1S/C12H24N2O2S2/c1-2-17-8-5-13-11-9-18(15,16)10-12(11)14-6-3-4-7-14/h11-13H,2-10H2,1H3/t11-,12-/m1/s1. The number of nitrogens with one attached hydrogen (secondary N) is 1. The molecule has 0 aliphatic carbocycles. The Morgan fingerprint density at radius 2 is 2.00 bits per heavy atom. The molecule has 2 heterocycles. The van der Waals surface area contributed by atoms with E-state index in [1.165, 1.54) is 12.8 Å². The van der Waals surface area contributed by atoms with Crippen molar-refractivity contribution in [2.75, 3.05) is 42.6 Å². The Labute approximate surface area is 115 Å². The van der Waals surface area contributed by atoms with Crippen LogP contribution in [0.25, 0.3) is 0 Å². The molecule has 0 unspecified atom stereocenters. The van der Waals surface area contributed by atoms with Crippen LogP contribution in [0.1, 0.15) is 19.8 Å². The first-order valence-electron chi connectivity index (χ1n) is 6.88. The monoisotopic (exact) mass is 292 g/mol. The van der Waals surface area contributed by atoms with Crippen molar-refractivity contribution in [1.82, 2.24) is 10.2 Å². The van der Waals surface area contributed by atoms with Crippen molar-refractivity contribution in [3.05, 3.63) is 0 Å². The van der Waals surface area contributed by atoms with Crippen LogP contribution < -0.4 is 5.32 Å². The second kappa shape index (κ2) is 6.59. The molecule has 18 heavy (non-hydrogen) atoms. The fraction of sp³-hybridized carbons (Fsp3) is 1.00. The van der Waals surface area contributed by atoms with Crippen molar-refractivity contribution in [1.29, 1.82) is 0 Å². The Hall–Kier alpha value is 0.220. The van der Waals surface area contributed by atoms with E-state index in [4.69, 9.17) is 0 Å². The van der Waals surface area contributed by atoms with Gasteiger partial charge in [0, 0.05) is 24.4 Å². The lowest BCUT2D eigenvalue weighted by molar-refractivity contribution is 0.228. The topological polar surface area (TPSA) is 49.4 Å². The minimum Gasteiger partial charge on any atom is -0.311 e. The summed E-state index contributed by atoms with van der Waals surface area (Å²) in [4.78, 5) is 2.37. The molecule has 2 atom stereocenters. The van der Waals surface area contributed by atoms with Gasteiger partial charge in [-0.05, 0) is 31.7 Å². The number of rotatable bonds is 6. The fourth-order valence-corrected chi connectivity index (χ4v) is 5.46. The van der Waals surface area contributed by atoms with Crippen LogP contribution in [0.2, 0.25) is 0 Å². The van der Waals surface area contributed by atoms with Gasteiger partial charge in [0.2, 0.25) is 0 Å². The van der Waals surface area contributed by atoms with E-state index in [9.17, 15) is 8.42 Å². The van der Waals surface area contributed by atoms with Gasteiger partial charge in [-0.3, -0.25) is 4.90 Å². The summed E-state index contributed by atoms with van der Waals surface area (Å²) in [7, 11) is -2.84. The third kappa shape index (κ3) is 3.85. The van der Waals surface area contributed by atoms with Crippen LogP contribution in [-0.2, 0) is 9.84 Å². The largest absolute Gasteiger partial charge is 0.311 e. The lowest BCUT2D eigenvalue weighted by Gasteiger charge is -2.28. The van der Waals surface area contributed by atoms with Gasteiger partial charge < -0.3 is 5.32 Å². The number of thioether (sulfide) groups is 1. The Morgan fingerprint density at radius 3 is 2.67 bits per heavy atom. The highest BCUT2D eigenvalue weighted by Crippen LogP contribution is 2.22. The van der Waals surface area contributed by atoms with Gasteiger partial charge in [0.25, 0.3) is 0 Å². The highest BCUT2D eigenvalue weighted by molar-refractivity contribution is 7.99. The molecule has 2 rings (SSSR count). The first-order chi connectivity index (χ1) is 8.62. The number of hydrogen-bond acceptors (Lipinski definition) is 5. The molecule has 106 valence electrons. The molecule has 2 aliphatic rings. The van der Waals surface area contributed by atoms with Gasteiger partial charge >= 0.3 is 0 Å². The highest BCUT2D eigenvalue weighted by Gasteiger charge is 2.41. The maximum atomic E-state index is 11.8. The molecule has 0 spiro atoms. The quantitative estimate of drug-likeness (QED) is 0.726. The summed E-state index contributed by atoms with van der Waals surface area (Å²) < 4.78 is 23.7. The van der Waals surface area contributed by atoms with Crippen LogP contribution in [0, 0.1) is 0 Å². The van der Waals surface area contributed by atoms with Crippen molar-refractivity contribution in [3.63, 3.8) is 0 Å². The fourth-order valence-electron chi connectivity index (χ4n) is 2.92. The summed E-state index contributed by atoms with van der Waals surface area (Å²) in [6, 6.07) is 0.356. The second-order valence-corrected chi connectivity index (χ2v) is 8.69. The predicted octanol–water partition coefficient (Wildman–Crippen LogP) is 0.591. The lowest BCUT2D eigenvalue weighted by Crippen LogP contribution is -2.48. The van der Waals surface area contributed by atoms with Gasteiger partial charge in [-0.15, -0.1) is 0 Å². The molecule has 4 nitrogen and oxygen atoms in total. The van der Waals surface area contributed by atoms with E-state index in [1.54, 1.807) is 0 Å². The van der Waals surface area contributed by atoms with Crippen molar-refractivity contribution in [2.45, 2.75) is 31.8 Å². The smallest absolute Gasteiger partial charge is 0.153 e. The van der Waals surface area contributed by atoms with E-state index in [2.05, 4.69) is 17.1 Å². The molecule has 0 bridgehead atoms. The van der Waals surface area contributed by atoms with Crippen LogP contribution in [-0.4, -0.2) is 68.0 Å². The zero-order valence-corrected chi connectivity index (χ0v) is 12.7. The summed E-state index contributed by atoms with van der Waals surface area (Å²) in [5.74, 6) is 2.87. The van der Waals surface area contributed by atoms with Gasteiger partial charge in [0.15, 0.2) is 9.84 Å². The molecule has 2 aliphatic heterocycles. The minimum absolute atomic E-state index is 0.144. The van der Waals surface area contributed by atoms with Crippen LogP contribution in [0.5, 0.6) is 0 Å². The molecule has 6 heteroatoms. The van der Waals surface area contributed by atoms with Gasteiger partial charge in [0.05, 0.1) is 11.5 Å². The van der Waals surface area contributed by atoms with Crippen LogP contribution in [0.4, 0.5) is 0 Å². The molecular formula is C12H24N2O2S2. The lowest BCUT2D eigenvalue weighted by atomic mass is 10.1. The molecule has 0 amide bonds. The third-order valence-electron chi connectivity index (χ3n) is 3.79. The number of hydrogen-bond donors (Lipinski definition) is 1. The van der Waals surface area contributed by atoms with Crippen molar-refractivity contribution in [2.24, 2.45) is 0 Å². The van der Waals surface area contributed by atoms with Crippen molar-refractivity contribution >= 4 is 21.6 Å². The van der Waals surface area contributed by atoms with E-state index >= 15 is 0 Å². The summed E-state index contributed by atoms with van der Waals surface area (Å²) in [6.07, 6.45) is 2.43. The SMILES string of the molecule is CCSCCN[C@@H]1CS(=O)(=O)C[C@H]1N1CCCC1. The first-order valence-corrected chi connectivity index (χ1v) is 9.85. The Balaban J connectivity index is 1.88. The molecule has 0 radical (unpaired) electrons. The number of nitrogens with zero attached hydrogens (tertiary/aromatic N) is 1. The molecule has 0 aromatic rings. The first kappa shape index (κ1) is 14.6. The molecule has 0 aromatic carbocycles. The molecular weight excluding hydrogens is 268 g/mol. The summed E-state index contributed by atoms with van der Waals surface area (Å²) in [5.41, 5.74) is 0. The van der Waals surface area contributed by atoms with Crippen LogP contribution >= 0.6 is 11.8 Å². The van der Waals surface area contributed by atoms with E-state index in [0.29, 0.717) is 11.5 Å². The third-order valence-corrected chi connectivity index (χ3v) is 6.41. The van der Waals surface area contributed by atoms with Crippen LogP contribution in [0.3, 0.4) is 0 Å². The second-order valence-electron chi connectivity index (χ2n) is 5.14. The van der Waals surface area contributed by atoms with Gasteiger partial charge in [0.1, 0.15) is 0 Å². The predicted molar refractivity (Wildman–Crippen MR) is 78.0 cm³/mol. The van der Waals surface area contributed by atoms with E-state index in [1.807, 2.05) is 11.8 Å².